The van der Waals surface area contributed by atoms with Crippen LogP contribution in [0.15, 0.2) is 24.4 Å². The Morgan fingerprint density at radius 2 is 2.17 bits per heavy atom. The van der Waals surface area contributed by atoms with Crippen LogP contribution in [-0.2, 0) is 11.2 Å². The lowest BCUT2D eigenvalue weighted by molar-refractivity contribution is -0.130. The molecular formula is C18H24N4O. The lowest BCUT2D eigenvalue weighted by Crippen LogP contribution is -2.67. The lowest BCUT2D eigenvalue weighted by Gasteiger charge is -2.57. The van der Waals surface area contributed by atoms with Gasteiger partial charge in [-0.25, -0.2) is 0 Å². The molecule has 2 aliphatic carbocycles. The van der Waals surface area contributed by atoms with E-state index in [1.807, 2.05) is 24.4 Å². The van der Waals surface area contributed by atoms with Crippen LogP contribution in [0.4, 0.5) is 0 Å². The van der Waals surface area contributed by atoms with Gasteiger partial charge in [-0.1, -0.05) is 18.9 Å². The fraction of sp³-hybridized carbons (Fsp3) is 0.667. The molecule has 0 unspecified atom stereocenters. The Bertz CT molecular complexity index is 706. The van der Waals surface area contributed by atoms with Gasteiger partial charge in [0.2, 0.25) is 0 Å². The minimum Gasteiger partial charge on any atom is -0.377 e. The number of aromatic nitrogens is 3. The molecule has 1 N–H and O–H groups in total. The summed E-state index contributed by atoms with van der Waals surface area (Å²) in [5.74, 6) is 1.79. The Morgan fingerprint density at radius 3 is 3.09 bits per heavy atom. The molecule has 122 valence electrons. The Labute approximate surface area is 136 Å². The van der Waals surface area contributed by atoms with E-state index in [0.29, 0.717) is 17.6 Å². The van der Waals surface area contributed by atoms with Crippen molar-refractivity contribution in [1.29, 1.82) is 0 Å². The molecule has 3 heterocycles. The summed E-state index contributed by atoms with van der Waals surface area (Å²) in [6.07, 6.45) is 10.2. The zero-order chi connectivity index (χ0) is 15.3. The van der Waals surface area contributed by atoms with Crippen LogP contribution in [0.3, 0.4) is 0 Å². The van der Waals surface area contributed by atoms with E-state index in [0.717, 1.165) is 37.0 Å². The van der Waals surface area contributed by atoms with Gasteiger partial charge in [0.25, 0.3) is 0 Å². The van der Waals surface area contributed by atoms with Gasteiger partial charge in [-0.05, 0) is 31.4 Å². The van der Waals surface area contributed by atoms with Crippen molar-refractivity contribution >= 4 is 5.65 Å². The number of nitrogens with zero attached hydrogens (tertiary/aromatic N) is 3. The van der Waals surface area contributed by atoms with Crippen molar-refractivity contribution in [3.8, 4) is 0 Å². The van der Waals surface area contributed by atoms with E-state index in [4.69, 9.17) is 4.74 Å². The molecular weight excluding hydrogens is 288 g/mol. The molecule has 0 bridgehead atoms. The number of nitrogens with one attached hydrogen (secondary N) is 1. The molecule has 1 saturated heterocycles. The van der Waals surface area contributed by atoms with Crippen molar-refractivity contribution in [2.24, 2.45) is 11.3 Å². The fourth-order valence-electron chi connectivity index (χ4n) is 5.41. The Balaban J connectivity index is 1.27. The maximum atomic E-state index is 6.06. The molecule has 5 rings (SSSR count). The first-order valence-corrected chi connectivity index (χ1v) is 9.02. The van der Waals surface area contributed by atoms with Gasteiger partial charge in [0.1, 0.15) is 5.82 Å². The summed E-state index contributed by atoms with van der Waals surface area (Å²) in [4.78, 5) is 0. The number of fused-ring (bicyclic) bond motifs is 3. The normalized spacial score (nSPS) is 31.6. The highest BCUT2D eigenvalue weighted by atomic mass is 16.5. The molecule has 0 amide bonds. The average Bonchev–Trinajstić information content (AvgIpc) is 3.30. The maximum absolute atomic E-state index is 6.06. The smallest absolute Gasteiger partial charge is 0.160 e. The molecule has 3 fully saturated rings. The van der Waals surface area contributed by atoms with Crippen LogP contribution in [0.1, 0.15) is 37.9 Å². The molecule has 2 aromatic heterocycles. The number of hydrogen-bond donors (Lipinski definition) is 1. The van der Waals surface area contributed by atoms with Crippen molar-refractivity contribution in [3.63, 3.8) is 0 Å². The van der Waals surface area contributed by atoms with Gasteiger partial charge in [0.15, 0.2) is 5.65 Å². The maximum Gasteiger partial charge on any atom is 0.160 e. The third-order valence-electron chi connectivity index (χ3n) is 6.38. The standard InChI is InChI=1S/C18H24N4O/c1-4-11-22-14(5-1)20-21-15(22)6-10-19-16-13-7-12-23-17(13)18(16)8-2-3-9-18/h1,4-5,11,13,16-17,19H,2-3,6-10,12H2/t13-,16-,17+/m1/s1. The van der Waals surface area contributed by atoms with Gasteiger partial charge in [-0.15, -0.1) is 10.2 Å². The van der Waals surface area contributed by atoms with Crippen molar-refractivity contribution in [1.82, 2.24) is 19.9 Å². The molecule has 0 aromatic carbocycles. The summed E-state index contributed by atoms with van der Waals surface area (Å²) in [6.45, 7) is 1.94. The van der Waals surface area contributed by atoms with E-state index in [-0.39, 0.29) is 0 Å². The highest BCUT2D eigenvalue weighted by Crippen LogP contribution is 2.60. The van der Waals surface area contributed by atoms with E-state index in [1.165, 1.54) is 32.1 Å². The van der Waals surface area contributed by atoms with Gasteiger partial charge >= 0.3 is 0 Å². The molecule has 23 heavy (non-hydrogen) atoms. The first kappa shape index (κ1) is 13.9. The van der Waals surface area contributed by atoms with Crippen LogP contribution in [0.5, 0.6) is 0 Å². The minimum atomic E-state index is 0.439. The Kier molecular flexibility index (Phi) is 3.20. The van der Waals surface area contributed by atoms with Crippen LogP contribution < -0.4 is 5.32 Å². The summed E-state index contributed by atoms with van der Waals surface area (Å²) in [7, 11) is 0. The summed E-state index contributed by atoms with van der Waals surface area (Å²) < 4.78 is 8.16. The molecule has 2 saturated carbocycles. The van der Waals surface area contributed by atoms with Crippen LogP contribution >= 0.6 is 0 Å². The third-order valence-corrected chi connectivity index (χ3v) is 6.38. The predicted molar refractivity (Wildman–Crippen MR) is 87.2 cm³/mol. The van der Waals surface area contributed by atoms with Crippen LogP contribution in [0, 0.1) is 11.3 Å². The third kappa shape index (κ3) is 1.99. The monoisotopic (exact) mass is 312 g/mol. The average molecular weight is 312 g/mol. The van der Waals surface area contributed by atoms with Crippen LogP contribution in [0.25, 0.3) is 5.65 Å². The van der Waals surface area contributed by atoms with Gasteiger partial charge in [0.05, 0.1) is 6.10 Å². The zero-order valence-corrected chi connectivity index (χ0v) is 13.4. The van der Waals surface area contributed by atoms with Gasteiger partial charge < -0.3 is 10.1 Å². The second-order valence-corrected chi connectivity index (χ2v) is 7.41. The highest BCUT2D eigenvalue weighted by molar-refractivity contribution is 5.37. The molecule has 5 nitrogen and oxygen atoms in total. The molecule has 1 spiro atoms. The van der Waals surface area contributed by atoms with E-state index in [1.54, 1.807) is 0 Å². The largest absolute Gasteiger partial charge is 0.377 e. The van der Waals surface area contributed by atoms with Crippen LogP contribution in [0.2, 0.25) is 0 Å². The molecule has 3 atom stereocenters. The molecule has 5 heteroatoms. The van der Waals surface area contributed by atoms with Crippen molar-refractivity contribution in [3.05, 3.63) is 30.2 Å². The summed E-state index contributed by atoms with van der Waals surface area (Å²) in [5.41, 5.74) is 1.37. The summed E-state index contributed by atoms with van der Waals surface area (Å²) >= 11 is 0. The van der Waals surface area contributed by atoms with Gasteiger partial charge in [-0.2, -0.15) is 0 Å². The second kappa shape index (κ2) is 5.28. The Morgan fingerprint density at radius 1 is 1.26 bits per heavy atom. The van der Waals surface area contributed by atoms with E-state index < -0.39 is 0 Å². The van der Waals surface area contributed by atoms with Gasteiger partial charge in [-0.3, -0.25) is 4.40 Å². The molecule has 0 radical (unpaired) electrons. The summed E-state index contributed by atoms with van der Waals surface area (Å²) in [5, 5.41) is 12.4. The highest BCUT2D eigenvalue weighted by Gasteiger charge is 2.64. The topological polar surface area (TPSA) is 51.5 Å². The number of rotatable bonds is 4. The van der Waals surface area contributed by atoms with Gasteiger partial charge in [0, 0.05) is 43.1 Å². The SMILES string of the molecule is c1ccn2c(CCN[C@@H]3[C@H]4CCO[C@@H]4C34CCCC4)nnc2c1. The zero-order valence-electron chi connectivity index (χ0n) is 13.4. The minimum absolute atomic E-state index is 0.439. The molecule has 3 aliphatic rings. The lowest BCUT2D eigenvalue weighted by atomic mass is 9.54. The van der Waals surface area contributed by atoms with Crippen molar-refractivity contribution < 1.29 is 4.74 Å². The fourth-order valence-corrected chi connectivity index (χ4v) is 5.41. The van der Waals surface area contributed by atoms with E-state index in [2.05, 4.69) is 19.9 Å². The molecule has 2 aromatic rings. The van der Waals surface area contributed by atoms with Crippen molar-refractivity contribution in [2.45, 2.75) is 50.7 Å². The van der Waals surface area contributed by atoms with E-state index in [9.17, 15) is 0 Å². The first-order chi connectivity index (χ1) is 11.4. The first-order valence-electron chi connectivity index (χ1n) is 9.02. The Hall–Kier alpha value is -1.46. The predicted octanol–water partition coefficient (Wildman–Crippen LogP) is 2.21. The van der Waals surface area contributed by atoms with Crippen LogP contribution in [-0.4, -0.2) is 39.9 Å². The number of ether oxygens (including phenoxy) is 1. The number of pyridine rings is 1. The molecule has 1 aliphatic heterocycles. The summed E-state index contributed by atoms with van der Waals surface area (Å²) in [6, 6.07) is 6.69. The second-order valence-electron chi connectivity index (χ2n) is 7.41. The quantitative estimate of drug-likeness (QED) is 0.940. The van der Waals surface area contributed by atoms with Crippen molar-refractivity contribution in [2.75, 3.05) is 13.2 Å². The van der Waals surface area contributed by atoms with E-state index >= 15 is 0 Å². The number of hydrogen-bond acceptors (Lipinski definition) is 4.